The van der Waals surface area contributed by atoms with Crippen LogP contribution in [0, 0.1) is 0 Å². The molecule has 45 heavy (non-hydrogen) atoms. The van der Waals surface area contributed by atoms with Gasteiger partial charge in [-0.05, 0) is 36.2 Å². The Balaban J connectivity index is 1.43. The maximum absolute atomic E-state index is 6.42. The molecule has 0 aliphatic carbocycles. The van der Waals surface area contributed by atoms with Gasteiger partial charge in [0.05, 0.1) is 5.56 Å². The number of hydrogen-bond acceptors (Lipinski definition) is 5. The molecule has 0 aliphatic rings. The van der Waals surface area contributed by atoms with Crippen LogP contribution < -0.4 is 0 Å². The van der Waals surface area contributed by atoms with Gasteiger partial charge in [0, 0.05) is 32.7 Å². The van der Waals surface area contributed by atoms with Crippen LogP contribution in [0.15, 0.2) is 155 Å². The summed E-state index contributed by atoms with van der Waals surface area (Å²) in [6, 6.07) is 36.5. The number of rotatable bonds is 7. The Kier molecular flexibility index (Phi) is 6.61. The van der Waals surface area contributed by atoms with Crippen LogP contribution in [0.4, 0.5) is 0 Å². The van der Waals surface area contributed by atoms with Crippen LogP contribution in [0.2, 0.25) is 0 Å². The van der Waals surface area contributed by atoms with Crippen molar-refractivity contribution in [2.75, 3.05) is 0 Å². The molecule has 0 amide bonds. The second-order valence-electron chi connectivity index (χ2n) is 10.8. The lowest BCUT2D eigenvalue weighted by atomic mass is 9.97. The van der Waals surface area contributed by atoms with Crippen LogP contribution in [0.5, 0.6) is 0 Å². The lowest BCUT2D eigenvalue weighted by Crippen LogP contribution is -2.02. The summed E-state index contributed by atoms with van der Waals surface area (Å²) in [6.45, 7) is 3.76. The summed E-state index contributed by atoms with van der Waals surface area (Å²) >= 11 is 0. The van der Waals surface area contributed by atoms with Crippen LogP contribution in [-0.2, 0) is 6.42 Å². The molecule has 0 saturated carbocycles. The van der Waals surface area contributed by atoms with Crippen molar-refractivity contribution in [3.05, 3.63) is 152 Å². The van der Waals surface area contributed by atoms with Crippen LogP contribution >= 0.6 is 0 Å². The first-order valence-electron chi connectivity index (χ1n) is 14.9. The van der Waals surface area contributed by atoms with Crippen LogP contribution in [0.3, 0.4) is 0 Å². The number of fused-ring (bicyclic) bond motifs is 6. The second-order valence-corrected chi connectivity index (χ2v) is 10.8. The van der Waals surface area contributed by atoms with E-state index >= 15 is 0 Å². The molecule has 214 valence electrons. The molecule has 3 aromatic heterocycles. The Morgan fingerprint density at radius 1 is 0.556 bits per heavy atom. The van der Waals surface area contributed by atoms with E-state index < -0.39 is 0 Å². The predicted molar refractivity (Wildman–Crippen MR) is 183 cm³/mol. The summed E-state index contributed by atoms with van der Waals surface area (Å²) in [4.78, 5) is 15.4. The molecule has 0 spiro atoms. The Bertz CT molecular complexity index is 2430. The minimum Gasteiger partial charge on any atom is -0.456 e. The maximum atomic E-state index is 6.42. The fourth-order valence-electron chi connectivity index (χ4n) is 5.95. The predicted octanol–water partition coefficient (Wildman–Crippen LogP) is 10.5. The van der Waals surface area contributed by atoms with Crippen LogP contribution in [0.1, 0.15) is 5.56 Å². The quantitative estimate of drug-likeness (QED) is 0.175. The van der Waals surface area contributed by atoms with Gasteiger partial charge in [0.1, 0.15) is 22.3 Å². The van der Waals surface area contributed by atoms with Gasteiger partial charge in [0.15, 0.2) is 17.5 Å². The van der Waals surface area contributed by atoms with E-state index in [9.17, 15) is 0 Å². The van der Waals surface area contributed by atoms with Gasteiger partial charge < -0.3 is 8.83 Å². The van der Waals surface area contributed by atoms with Crippen molar-refractivity contribution in [2.24, 2.45) is 0 Å². The standard InChI is InChI=1S/C40H27N3O2/c1-2-3-4-5-7-15-26-24-25-34-36(30-19-11-13-23-33(30)44-34)35(26)40-42-38(27-16-8-6-9-17-27)41-39(43-40)31-21-14-20-29-28-18-10-12-22-32(28)45-37(29)31/h2-14,16-25H,1,15H2/b4-3-,7-5-. The molecule has 0 unspecified atom stereocenters. The average Bonchev–Trinajstić information content (AvgIpc) is 3.67. The van der Waals surface area contributed by atoms with Crippen molar-refractivity contribution in [1.29, 1.82) is 0 Å². The smallest absolute Gasteiger partial charge is 0.167 e. The van der Waals surface area contributed by atoms with E-state index in [1.165, 1.54) is 0 Å². The first kappa shape index (κ1) is 26.5. The Labute approximate surface area is 259 Å². The third-order valence-electron chi connectivity index (χ3n) is 8.00. The number of allylic oxidation sites excluding steroid dienone is 5. The SMILES string of the molecule is C=C/C=C\C=C/Cc1ccc2oc3ccccc3c2c1-c1nc(-c2ccccc2)nc(-c2cccc3c2oc2ccccc23)n1. The highest BCUT2D eigenvalue weighted by Crippen LogP contribution is 2.40. The molecule has 5 heteroatoms. The number of benzene rings is 5. The van der Waals surface area contributed by atoms with E-state index in [4.69, 9.17) is 23.8 Å². The average molecular weight is 582 g/mol. The minimum absolute atomic E-state index is 0.545. The van der Waals surface area contributed by atoms with Crippen molar-refractivity contribution >= 4 is 43.9 Å². The molecule has 0 atom stereocenters. The van der Waals surface area contributed by atoms with Gasteiger partial charge in [0.25, 0.3) is 0 Å². The Morgan fingerprint density at radius 3 is 2.11 bits per heavy atom. The molecule has 8 rings (SSSR count). The number of para-hydroxylation sites is 3. The summed E-state index contributed by atoms with van der Waals surface area (Å²) in [7, 11) is 0. The summed E-state index contributed by atoms with van der Waals surface area (Å²) in [5.74, 6) is 1.71. The lowest BCUT2D eigenvalue weighted by molar-refractivity contribution is 0.668. The number of furan rings is 2. The molecule has 0 aliphatic heterocycles. The van der Waals surface area contributed by atoms with E-state index in [2.05, 4.69) is 36.9 Å². The Morgan fingerprint density at radius 2 is 1.27 bits per heavy atom. The summed E-state index contributed by atoms with van der Waals surface area (Å²) in [5.41, 5.74) is 6.89. The van der Waals surface area contributed by atoms with Crippen molar-refractivity contribution in [1.82, 2.24) is 15.0 Å². The van der Waals surface area contributed by atoms with Gasteiger partial charge in [-0.25, -0.2) is 15.0 Å². The van der Waals surface area contributed by atoms with Gasteiger partial charge in [-0.1, -0.05) is 122 Å². The highest BCUT2D eigenvalue weighted by Gasteiger charge is 2.22. The van der Waals surface area contributed by atoms with Gasteiger partial charge in [0.2, 0.25) is 0 Å². The molecule has 0 N–H and O–H groups in total. The summed E-state index contributed by atoms with van der Waals surface area (Å²) in [5, 5.41) is 4.08. The lowest BCUT2D eigenvalue weighted by Gasteiger charge is -2.12. The van der Waals surface area contributed by atoms with Crippen molar-refractivity contribution in [3.63, 3.8) is 0 Å². The zero-order valence-electron chi connectivity index (χ0n) is 24.4. The maximum Gasteiger partial charge on any atom is 0.167 e. The van der Waals surface area contributed by atoms with Gasteiger partial charge in [-0.2, -0.15) is 0 Å². The van der Waals surface area contributed by atoms with Crippen molar-refractivity contribution in [2.45, 2.75) is 6.42 Å². The van der Waals surface area contributed by atoms with Crippen LogP contribution in [-0.4, -0.2) is 15.0 Å². The number of nitrogens with zero attached hydrogens (tertiary/aromatic N) is 3. The molecule has 5 nitrogen and oxygen atoms in total. The van der Waals surface area contributed by atoms with E-state index in [0.717, 1.165) is 66.1 Å². The van der Waals surface area contributed by atoms with E-state index in [1.807, 2.05) is 103 Å². The molecule has 0 saturated heterocycles. The molecule has 5 aromatic carbocycles. The number of aromatic nitrogens is 3. The second kappa shape index (κ2) is 11.2. The van der Waals surface area contributed by atoms with Crippen LogP contribution in [0.25, 0.3) is 78.0 Å². The molecular formula is C40H27N3O2. The number of hydrogen-bond donors (Lipinski definition) is 0. The first-order chi connectivity index (χ1) is 22.3. The normalized spacial score (nSPS) is 12.0. The zero-order chi connectivity index (χ0) is 30.2. The topological polar surface area (TPSA) is 65.0 Å². The van der Waals surface area contributed by atoms with Crippen molar-refractivity contribution in [3.8, 4) is 34.2 Å². The first-order valence-corrected chi connectivity index (χ1v) is 14.9. The fraction of sp³-hybridized carbons (Fsp3) is 0.0250. The molecule has 0 bridgehead atoms. The zero-order valence-corrected chi connectivity index (χ0v) is 24.4. The molecule has 8 aromatic rings. The molecule has 3 heterocycles. The molecular weight excluding hydrogens is 554 g/mol. The van der Waals surface area contributed by atoms with Crippen molar-refractivity contribution < 1.29 is 8.83 Å². The molecule has 0 fully saturated rings. The fourth-order valence-corrected chi connectivity index (χ4v) is 5.95. The highest BCUT2D eigenvalue weighted by molar-refractivity contribution is 6.13. The summed E-state index contributed by atoms with van der Waals surface area (Å²) in [6.07, 6.45) is 10.5. The third-order valence-corrected chi connectivity index (χ3v) is 8.00. The third kappa shape index (κ3) is 4.71. The monoisotopic (exact) mass is 581 g/mol. The van der Waals surface area contributed by atoms with E-state index in [0.29, 0.717) is 23.9 Å². The van der Waals surface area contributed by atoms with E-state index in [-0.39, 0.29) is 0 Å². The largest absolute Gasteiger partial charge is 0.456 e. The minimum atomic E-state index is 0.545. The Hall–Kier alpha value is -6.07. The van der Waals surface area contributed by atoms with Gasteiger partial charge >= 0.3 is 0 Å². The van der Waals surface area contributed by atoms with Gasteiger partial charge in [-0.3, -0.25) is 0 Å². The highest BCUT2D eigenvalue weighted by atomic mass is 16.3. The molecule has 0 radical (unpaired) electrons. The summed E-state index contributed by atoms with van der Waals surface area (Å²) < 4.78 is 12.7. The van der Waals surface area contributed by atoms with Gasteiger partial charge in [-0.15, -0.1) is 0 Å². The van der Waals surface area contributed by atoms with E-state index in [1.54, 1.807) is 6.08 Å².